The van der Waals surface area contributed by atoms with Gasteiger partial charge in [0.25, 0.3) is 0 Å². The molecule has 1 atom stereocenters. The summed E-state index contributed by atoms with van der Waals surface area (Å²) in [5.41, 5.74) is -0.951. The highest BCUT2D eigenvalue weighted by Crippen LogP contribution is 2.31. The molecule has 0 saturated carbocycles. The summed E-state index contributed by atoms with van der Waals surface area (Å²) in [6.07, 6.45) is -5.40. The van der Waals surface area contributed by atoms with E-state index < -0.39 is 18.0 Å². The number of aromatic nitrogens is 1. The number of nitrogens with zero attached hydrogens (tertiary/aromatic N) is 1. The van der Waals surface area contributed by atoms with Crippen LogP contribution in [0, 0.1) is 0 Å². The minimum Gasteiger partial charge on any atom is -0.385 e. The second kappa shape index (κ2) is 3.93. The van der Waals surface area contributed by atoms with Crippen molar-refractivity contribution in [2.24, 2.45) is 0 Å². The number of hydrogen-bond donors (Lipinski definition) is 1. The standard InChI is InChI=1S/C6H5BrF3NOS/c7-1-3(12)5-11-4(2-13-5)6(8,9)10/h2-3,12H,1H2. The lowest BCUT2D eigenvalue weighted by atomic mass is 10.4. The number of halogens is 4. The summed E-state index contributed by atoms with van der Waals surface area (Å²) in [5, 5.41) is 10.3. The highest BCUT2D eigenvalue weighted by molar-refractivity contribution is 9.09. The molecule has 0 saturated heterocycles. The van der Waals surface area contributed by atoms with Gasteiger partial charge in [0.05, 0.1) is 0 Å². The number of aliphatic hydroxyl groups is 1. The molecule has 0 aliphatic heterocycles. The molecule has 74 valence electrons. The van der Waals surface area contributed by atoms with Gasteiger partial charge in [0.2, 0.25) is 0 Å². The summed E-state index contributed by atoms with van der Waals surface area (Å²) in [4.78, 5) is 3.27. The zero-order chi connectivity index (χ0) is 10.1. The Bertz CT molecular complexity index is 288. The molecule has 0 amide bonds. The molecule has 1 aromatic heterocycles. The molecular formula is C6H5BrF3NOS. The Hall–Kier alpha value is -0.140. The molecule has 1 unspecified atom stereocenters. The minimum absolute atomic E-state index is 0.0733. The highest BCUT2D eigenvalue weighted by atomic mass is 79.9. The molecule has 0 bridgehead atoms. The normalized spacial score (nSPS) is 14.5. The molecule has 1 aromatic rings. The van der Waals surface area contributed by atoms with Crippen LogP contribution in [-0.2, 0) is 6.18 Å². The predicted octanol–water partition coefficient (Wildman–Crippen LogP) is 2.59. The first-order valence-electron chi connectivity index (χ1n) is 3.22. The van der Waals surface area contributed by atoms with E-state index >= 15 is 0 Å². The number of aliphatic hydroxyl groups excluding tert-OH is 1. The summed E-state index contributed by atoms with van der Waals surface area (Å²) in [6.45, 7) is 0. The monoisotopic (exact) mass is 275 g/mol. The Kier molecular flexibility index (Phi) is 3.31. The maximum atomic E-state index is 12.0. The van der Waals surface area contributed by atoms with Gasteiger partial charge in [0.1, 0.15) is 11.1 Å². The Labute approximate surface area is 84.5 Å². The van der Waals surface area contributed by atoms with Crippen molar-refractivity contribution in [1.29, 1.82) is 0 Å². The van der Waals surface area contributed by atoms with Crippen LogP contribution in [0.4, 0.5) is 13.2 Å². The first-order chi connectivity index (χ1) is 5.95. The van der Waals surface area contributed by atoms with E-state index in [0.29, 0.717) is 0 Å². The van der Waals surface area contributed by atoms with E-state index in [2.05, 4.69) is 20.9 Å². The molecule has 13 heavy (non-hydrogen) atoms. The van der Waals surface area contributed by atoms with Crippen LogP contribution >= 0.6 is 27.3 Å². The molecule has 0 spiro atoms. The van der Waals surface area contributed by atoms with Crippen LogP contribution in [0.2, 0.25) is 0 Å². The Morgan fingerprint density at radius 1 is 1.62 bits per heavy atom. The third-order valence-electron chi connectivity index (χ3n) is 1.24. The molecule has 1 N–H and O–H groups in total. The lowest BCUT2D eigenvalue weighted by Crippen LogP contribution is -2.06. The molecule has 0 radical (unpaired) electrons. The van der Waals surface area contributed by atoms with Gasteiger partial charge < -0.3 is 5.11 Å². The van der Waals surface area contributed by atoms with Crippen LogP contribution in [0.15, 0.2) is 5.38 Å². The van der Waals surface area contributed by atoms with Crippen LogP contribution in [0.1, 0.15) is 16.8 Å². The lowest BCUT2D eigenvalue weighted by molar-refractivity contribution is -0.140. The summed E-state index contributed by atoms with van der Waals surface area (Å²) in [5.74, 6) is 0. The molecule has 0 aromatic carbocycles. The van der Waals surface area contributed by atoms with E-state index in [1.165, 1.54) is 0 Å². The van der Waals surface area contributed by atoms with E-state index in [4.69, 9.17) is 5.11 Å². The van der Waals surface area contributed by atoms with Crippen molar-refractivity contribution in [1.82, 2.24) is 4.98 Å². The number of rotatable bonds is 2. The van der Waals surface area contributed by atoms with Gasteiger partial charge in [0.15, 0.2) is 5.69 Å². The highest BCUT2D eigenvalue weighted by Gasteiger charge is 2.34. The van der Waals surface area contributed by atoms with Gasteiger partial charge >= 0.3 is 6.18 Å². The maximum absolute atomic E-state index is 12.0. The van der Waals surface area contributed by atoms with E-state index in [1.54, 1.807) is 0 Å². The van der Waals surface area contributed by atoms with Crippen LogP contribution in [-0.4, -0.2) is 15.4 Å². The molecule has 1 rings (SSSR count). The molecule has 0 aliphatic rings. The molecule has 1 heterocycles. The largest absolute Gasteiger partial charge is 0.434 e. The second-order valence-electron chi connectivity index (χ2n) is 2.24. The van der Waals surface area contributed by atoms with E-state index in [0.717, 1.165) is 16.7 Å². The van der Waals surface area contributed by atoms with Crippen molar-refractivity contribution < 1.29 is 18.3 Å². The number of alkyl halides is 4. The van der Waals surface area contributed by atoms with Crippen LogP contribution in [0.3, 0.4) is 0 Å². The average molecular weight is 276 g/mol. The fourth-order valence-electron chi connectivity index (χ4n) is 0.637. The topological polar surface area (TPSA) is 33.1 Å². The van der Waals surface area contributed by atoms with Crippen molar-refractivity contribution in [3.05, 3.63) is 16.1 Å². The third kappa shape index (κ3) is 2.65. The fraction of sp³-hybridized carbons (Fsp3) is 0.500. The van der Waals surface area contributed by atoms with Crippen LogP contribution in [0.5, 0.6) is 0 Å². The predicted molar refractivity (Wildman–Crippen MR) is 45.9 cm³/mol. The summed E-state index contributed by atoms with van der Waals surface area (Å²) >= 11 is 3.74. The van der Waals surface area contributed by atoms with Crippen molar-refractivity contribution in [2.45, 2.75) is 12.3 Å². The van der Waals surface area contributed by atoms with Gasteiger partial charge in [0, 0.05) is 10.7 Å². The van der Waals surface area contributed by atoms with Gasteiger partial charge in [-0.25, -0.2) is 4.98 Å². The smallest absolute Gasteiger partial charge is 0.385 e. The minimum atomic E-state index is -4.43. The number of hydrogen-bond acceptors (Lipinski definition) is 3. The van der Waals surface area contributed by atoms with Crippen LogP contribution in [0.25, 0.3) is 0 Å². The zero-order valence-corrected chi connectivity index (χ0v) is 8.58. The Morgan fingerprint density at radius 3 is 2.62 bits per heavy atom. The van der Waals surface area contributed by atoms with Crippen molar-refractivity contribution >= 4 is 27.3 Å². The van der Waals surface area contributed by atoms with Crippen LogP contribution < -0.4 is 0 Å². The molecular weight excluding hydrogens is 271 g/mol. The Balaban J connectivity index is 2.87. The molecule has 2 nitrogen and oxygen atoms in total. The van der Waals surface area contributed by atoms with Gasteiger partial charge in [-0.2, -0.15) is 13.2 Å². The van der Waals surface area contributed by atoms with E-state index in [9.17, 15) is 13.2 Å². The summed E-state index contributed by atoms with van der Waals surface area (Å²) < 4.78 is 36.1. The first-order valence-corrected chi connectivity index (χ1v) is 5.22. The van der Waals surface area contributed by atoms with Crippen molar-refractivity contribution in [3.8, 4) is 0 Å². The third-order valence-corrected chi connectivity index (χ3v) is 2.80. The summed E-state index contributed by atoms with van der Waals surface area (Å²) in [6, 6.07) is 0. The first kappa shape index (κ1) is 10.9. The van der Waals surface area contributed by atoms with E-state index in [1.807, 2.05) is 0 Å². The molecule has 7 heteroatoms. The maximum Gasteiger partial charge on any atom is 0.434 e. The zero-order valence-electron chi connectivity index (χ0n) is 6.18. The van der Waals surface area contributed by atoms with Gasteiger partial charge in [-0.1, -0.05) is 15.9 Å². The van der Waals surface area contributed by atoms with Gasteiger partial charge in [-0.3, -0.25) is 0 Å². The van der Waals surface area contributed by atoms with Crippen molar-refractivity contribution in [3.63, 3.8) is 0 Å². The lowest BCUT2D eigenvalue weighted by Gasteiger charge is -2.02. The quantitative estimate of drug-likeness (QED) is 0.842. The fourth-order valence-corrected chi connectivity index (χ4v) is 1.97. The summed E-state index contributed by atoms with van der Waals surface area (Å²) in [7, 11) is 0. The second-order valence-corrected chi connectivity index (χ2v) is 3.78. The Morgan fingerprint density at radius 2 is 2.23 bits per heavy atom. The van der Waals surface area contributed by atoms with Crippen molar-refractivity contribution in [2.75, 3.05) is 5.33 Å². The molecule has 0 aliphatic carbocycles. The molecule has 0 fully saturated rings. The van der Waals surface area contributed by atoms with E-state index in [-0.39, 0.29) is 10.3 Å². The van der Waals surface area contributed by atoms with Gasteiger partial charge in [-0.15, -0.1) is 11.3 Å². The number of thiazole rings is 1. The average Bonchev–Trinajstić information content (AvgIpc) is 2.50. The van der Waals surface area contributed by atoms with Gasteiger partial charge in [-0.05, 0) is 0 Å². The SMILES string of the molecule is OC(CBr)c1nc(C(F)(F)F)cs1.